The Morgan fingerprint density at radius 2 is 2.07 bits per heavy atom. The van der Waals surface area contributed by atoms with E-state index >= 15 is 0 Å². The van der Waals surface area contributed by atoms with Gasteiger partial charge < -0.3 is 13.9 Å². The maximum absolute atomic E-state index is 13.5. The molecule has 1 aromatic carbocycles. The average molecular weight is 387 g/mol. The van der Waals surface area contributed by atoms with Crippen LogP contribution in [0, 0.1) is 29.6 Å². The Morgan fingerprint density at radius 1 is 1.28 bits per heavy atom. The number of fused-ring (bicyclic) bond motifs is 1. The monoisotopic (exact) mass is 387 g/mol. The van der Waals surface area contributed by atoms with Crippen LogP contribution in [-0.2, 0) is 13.1 Å². The highest BCUT2D eigenvalue weighted by atomic mass is 16.5. The maximum Gasteiger partial charge on any atom is 0.258 e. The highest BCUT2D eigenvalue weighted by molar-refractivity contribution is 5.85. The van der Waals surface area contributed by atoms with E-state index in [0.717, 1.165) is 24.2 Å². The smallest absolute Gasteiger partial charge is 0.258 e. The van der Waals surface area contributed by atoms with Gasteiger partial charge in [0.1, 0.15) is 11.7 Å². The second kappa shape index (κ2) is 7.76. The maximum atomic E-state index is 13.5. The van der Waals surface area contributed by atoms with Crippen molar-refractivity contribution in [1.29, 1.82) is 10.7 Å². The van der Waals surface area contributed by atoms with Crippen molar-refractivity contribution >= 4 is 5.90 Å². The van der Waals surface area contributed by atoms with Crippen LogP contribution in [0.5, 0.6) is 5.75 Å². The molecule has 7 nitrogen and oxygen atoms in total. The Balaban J connectivity index is 1.76. The number of rotatable bonds is 5. The van der Waals surface area contributed by atoms with Crippen LogP contribution in [0.25, 0.3) is 0 Å². The molecule has 0 amide bonds. The van der Waals surface area contributed by atoms with E-state index in [1.807, 2.05) is 48.0 Å². The highest BCUT2D eigenvalue weighted by Crippen LogP contribution is 2.40. The molecule has 0 saturated heterocycles. The summed E-state index contributed by atoms with van der Waals surface area (Å²) in [6, 6.07) is 13.4. The largest absolute Gasteiger partial charge is 0.442 e. The van der Waals surface area contributed by atoms with Gasteiger partial charge in [-0.05, 0) is 18.9 Å². The lowest BCUT2D eigenvalue weighted by Crippen LogP contribution is -2.38. The molecule has 29 heavy (non-hydrogen) atoms. The Labute approximate surface area is 168 Å². The first-order valence-corrected chi connectivity index (χ1v) is 9.51. The van der Waals surface area contributed by atoms with E-state index in [1.165, 1.54) is 0 Å². The molecule has 146 valence electrons. The first-order valence-electron chi connectivity index (χ1n) is 9.51. The van der Waals surface area contributed by atoms with E-state index in [-0.39, 0.29) is 11.5 Å². The number of ether oxygens (including phenoxy) is 1. The van der Waals surface area contributed by atoms with Crippen LogP contribution < -0.4 is 10.3 Å². The third kappa shape index (κ3) is 3.45. The van der Waals surface area contributed by atoms with Gasteiger partial charge in [0.15, 0.2) is 0 Å². The van der Waals surface area contributed by atoms with Gasteiger partial charge in [0.05, 0.1) is 18.0 Å². The lowest BCUT2D eigenvalue weighted by molar-refractivity contribution is 0.437. The molecule has 0 radical (unpaired) electrons. The third-order valence-electron chi connectivity index (χ3n) is 5.31. The normalized spacial score (nSPS) is 18.0. The summed E-state index contributed by atoms with van der Waals surface area (Å²) < 4.78 is 9.31. The van der Waals surface area contributed by atoms with Crippen LogP contribution in [-0.4, -0.2) is 20.0 Å². The molecule has 3 heterocycles. The minimum absolute atomic E-state index is 0.120. The molecule has 0 aliphatic carbocycles. The van der Waals surface area contributed by atoms with Gasteiger partial charge >= 0.3 is 0 Å². The van der Waals surface area contributed by atoms with Gasteiger partial charge in [-0.15, -0.1) is 0 Å². The van der Waals surface area contributed by atoms with E-state index in [0.29, 0.717) is 17.9 Å². The van der Waals surface area contributed by atoms with Gasteiger partial charge in [-0.25, -0.2) is 4.98 Å². The van der Waals surface area contributed by atoms with Crippen LogP contribution >= 0.6 is 0 Å². The molecule has 1 N–H and O–H groups in total. The summed E-state index contributed by atoms with van der Waals surface area (Å²) in [6.07, 6.45) is 6.15. The minimum Gasteiger partial charge on any atom is -0.442 e. The predicted molar refractivity (Wildman–Crippen MR) is 108 cm³/mol. The highest BCUT2D eigenvalue weighted by Gasteiger charge is 2.39. The number of hydrogen-bond donors (Lipinski definition) is 1. The van der Waals surface area contributed by atoms with Gasteiger partial charge in [-0.2, -0.15) is 5.26 Å². The summed E-state index contributed by atoms with van der Waals surface area (Å²) in [5.41, 5.74) is 1.90. The fourth-order valence-electron chi connectivity index (χ4n) is 3.89. The minimum atomic E-state index is -0.834. The second-order valence-electron chi connectivity index (χ2n) is 7.14. The summed E-state index contributed by atoms with van der Waals surface area (Å²) in [5.74, 6) is -1.10. The summed E-state index contributed by atoms with van der Waals surface area (Å²) >= 11 is 0. The molecule has 1 aliphatic heterocycles. The zero-order valence-electron chi connectivity index (χ0n) is 16.1. The topological polar surface area (TPSA) is 96.7 Å². The Morgan fingerprint density at radius 3 is 2.76 bits per heavy atom. The molecule has 0 fully saturated rings. The van der Waals surface area contributed by atoms with Crippen molar-refractivity contribution in [1.82, 2.24) is 14.1 Å². The Hall–Kier alpha value is -3.66. The molecule has 0 bridgehead atoms. The number of nitrogens with zero attached hydrogens (tertiary/aromatic N) is 4. The standard InChI is InChI=1S/C22H21N5O2/c1-15-12-18-20(22(28)27(15)10-5-9-26-11-8-25-14-26)19(16-6-3-2-4-7-16)17(13-23)21(24)29-18/h2-4,6-8,11-12,14,17,19,24H,5,9-10H2,1H3. The van der Waals surface area contributed by atoms with E-state index in [4.69, 9.17) is 10.1 Å². The van der Waals surface area contributed by atoms with Crippen LogP contribution in [0.4, 0.5) is 0 Å². The number of hydrogen-bond acceptors (Lipinski definition) is 5. The number of pyridine rings is 1. The average Bonchev–Trinajstić information content (AvgIpc) is 3.23. The number of benzene rings is 1. The summed E-state index contributed by atoms with van der Waals surface area (Å²) in [4.78, 5) is 17.5. The number of imidazole rings is 1. The van der Waals surface area contributed by atoms with E-state index < -0.39 is 11.8 Å². The van der Waals surface area contributed by atoms with E-state index in [1.54, 1.807) is 23.2 Å². The number of aryl methyl sites for hydroxylation is 2. The Kier molecular flexibility index (Phi) is 5.00. The van der Waals surface area contributed by atoms with Crippen molar-refractivity contribution in [3.8, 4) is 11.8 Å². The van der Waals surface area contributed by atoms with Crippen LogP contribution in [0.15, 0.2) is 59.9 Å². The fourth-order valence-corrected chi connectivity index (χ4v) is 3.89. The van der Waals surface area contributed by atoms with Crippen molar-refractivity contribution < 1.29 is 4.74 Å². The Bertz CT molecular complexity index is 1130. The SMILES string of the molecule is Cc1cc2c(c(=O)n1CCCn1ccnc1)C(c1ccccc1)C(C#N)C(=N)O2. The molecule has 2 aromatic heterocycles. The number of aromatic nitrogens is 3. The first kappa shape index (κ1) is 18.7. The van der Waals surface area contributed by atoms with Crippen molar-refractivity contribution in [2.45, 2.75) is 32.4 Å². The van der Waals surface area contributed by atoms with Crippen molar-refractivity contribution in [3.05, 3.63) is 82.3 Å². The van der Waals surface area contributed by atoms with Gasteiger partial charge in [-0.3, -0.25) is 10.2 Å². The quantitative estimate of drug-likeness (QED) is 0.727. The van der Waals surface area contributed by atoms with E-state index in [2.05, 4.69) is 11.1 Å². The first-order chi connectivity index (χ1) is 14.1. The van der Waals surface area contributed by atoms with Crippen LogP contribution in [0.3, 0.4) is 0 Å². The van der Waals surface area contributed by atoms with Gasteiger partial charge in [0.25, 0.3) is 5.56 Å². The van der Waals surface area contributed by atoms with Crippen LogP contribution in [0.2, 0.25) is 0 Å². The van der Waals surface area contributed by atoms with Gasteiger partial charge in [-0.1, -0.05) is 30.3 Å². The molecule has 2 unspecified atom stereocenters. The lowest BCUT2D eigenvalue weighted by Gasteiger charge is -2.30. The molecular formula is C22H21N5O2. The fraction of sp³-hybridized carbons (Fsp3) is 0.273. The molecule has 0 saturated carbocycles. The van der Waals surface area contributed by atoms with Crippen LogP contribution in [0.1, 0.15) is 29.2 Å². The molecule has 2 atom stereocenters. The van der Waals surface area contributed by atoms with Gasteiger partial charge in [0.2, 0.25) is 5.90 Å². The zero-order chi connectivity index (χ0) is 20.4. The van der Waals surface area contributed by atoms with E-state index in [9.17, 15) is 10.1 Å². The summed E-state index contributed by atoms with van der Waals surface area (Å²) in [5, 5.41) is 17.9. The van der Waals surface area contributed by atoms with Crippen molar-refractivity contribution in [3.63, 3.8) is 0 Å². The predicted octanol–water partition coefficient (Wildman–Crippen LogP) is 3.08. The number of nitrogens with one attached hydrogen (secondary N) is 1. The molecule has 0 spiro atoms. The number of nitriles is 1. The molecule has 3 aromatic rings. The second-order valence-corrected chi connectivity index (χ2v) is 7.14. The molecule has 4 rings (SSSR count). The van der Waals surface area contributed by atoms with Crippen molar-refractivity contribution in [2.75, 3.05) is 0 Å². The third-order valence-corrected chi connectivity index (χ3v) is 5.31. The van der Waals surface area contributed by atoms with Gasteiger partial charge in [0, 0.05) is 43.2 Å². The van der Waals surface area contributed by atoms with Crippen molar-refractivity contribution in [2.24, 2.45) is 5.92 Å². The molecular weight excluding hydrogens is 366 g/mol. The summed E-state index contributed by atoms with van der Waals surface area (Å²) in [6.45, 7) is 3.17. The molecule has 1 aliphatic rings. The lowest BCUT2D eigenvalue weighted by atomic mass is 9.79. The molecule has 7 heteroatoms. The summed E-state index contributed by atoms with van der Waals surface area (Å²) in [7, 11) is 0. The zero-order valence-corrected chi connectivity index (χ0v) is 16.1.